The van der Waals surface area contributed by atoms with Crippen LogP contribution in [0.3, 0.4) is 0 Å². The van der Waals surface area contributed by atoms with E-state index >= 15 is 0 Å². The molecule has 0 bridgehead atoms. The van der Waals surface area contributed by atoms with Gasteiger partial charge in [0, 0.05) is 12.8 Å². The van der Waals surface area contributed by atoms with Crippen molar-refractivity contribution in [1.82, 2.24) is 10.6 Å². The van der Waals surface area contributed by atoms with Crippen LogP contribution in [-0.2, 0) is 23.9 Å². The molecule has 0 aliphatic carbocycles. The molecule has 52 heavy (non-hydrogen) atoms. The van der Waals surface area contributed by atoms with Crippen LogP contribution >= 0.6 is 0 Å². The predicted octanol–water partition coefficient (Wildman–Crippen LogP) is 9.15. The molecule has 2 unspecified atom stereocenters. The number of carboxylic acids is 1. The molecule has 0 aliphatic heterocycles. The molecule has 9 heteroatoms. The van der Waals surface area contributed by atoms with Crippen LogP contribution in [0.4, 0.5) is 0 Å². The van der Waals surface area contributed by atoms with Gasteiger partial charge in [-0.3, -0.25) is 14.4 Å². The number of hydrogen-bond donors (Lipinski definition) is 4. The van der Waals surface area contributed by atoms with E-state index in [4.69, 9.17) is 14.9 Å². The molecule has 0 heterocycles. The smallest absolute Gasteiger partial charge is 0.328 e. The Bertz CT molecular complexity index is 1110. The van der Waals surface area contributed by atoms with Gasteiger partial charge in [-0.25, -0.2) is 4.79 Å². The lowest BCUT2D eigenvalue weighted by molar-refractivity contribution is -0.147. The highest BCUT2D eigenvalue weighted by Crippen LogP contribution is 2.13. The first-order chi connectivity index (χ1) is 25.3. The van der Waals surface area contributed by atoms with Crippen molar-refractivity contribution < 1.29 is 34.1 Å². The fourth-order valence-electron chi connectivity index (χ4n) is 5.12. The standard InChI is InChI=1S/C43H70N2O7/c1-3-5-7-9-11-13-15-17-19-20-22-24-26-28-32-38(33-30-31-34-40(47)44-36-41(48)45-39(37-46)43(50)51)52-42(49)35-29-27-25-23-21-18-16-14-12-10-8-6-4-2/h5,7,11,13-14,16-17,19,22,24,28,32,38-39,46H,3-4,6,8-10,12,15,18,20-21,23,25-27,29-31,33-37H2,1-2H3,(H,44,47)(H,45,48)(H,50,51)/b7-5-,13-11-,16-14-,19-17-,24-22-,32-28-. The van der Waals surface area contributed by atoms with E-state index in [0.717, 1.165) is 57.8 Å². The van der Waals surface area contributed by atoms with Crippen LogP contribution in [0.2, 0.25) is 0 Å². The van der Waals surface area contributed by atoms with Crippen molar-refractivity contribution in [2.24, 2.45) is 0 Å². The summed E-state index contributed by atoms with van der Waals surface area (Å²) in [6.07, 6.45) is 45.0. The Morgan fingerprint density at radius 2 is 1.15 bits per heavy atom. The van der Waals surface area contributed by atoms with Gasteiger partial charge in [-0.05, 0) is 89.5 Å². The number of aliphatic hydroxyl groups excluding tert-OH is 1. The summed E-state index contributed by atoms with van der Waals surface area (Å²) in [6, 6.07) is -1.41. The summed E-state index contributed by atoms with van der Waals surface area (Å²) in [5.41, 5.74) is 0. The minimum atomic E-state index is -1.41. The number of unbranched alkanes of at least 4 members (excludes halogenated alkanes) is 10. The SMILES string of the molecule is CC/C=C\C/C=C\C/C=C\C/C=C\C/C=C\C(CCCCC(=O)NCC(=O)NC(CO)C(=O)O)OC(=O)CCCCCCC/C=C\CCCCCC. The molecule has 2 amide bonds. The third-order valence-electron chi connectivity index (χ3n) is 8.17. The number of hydrogen-bond acceptors (Lipinski definition) is 6. The van der Waals surface area contributed by atoms with Crippen molar-refractivity contribution in [3.63, 3.8) is 0 Å². The van der Waals surface area contributed by atoms with Gasteiger partial charge in [0.15, 0.2) is 0 Å². The largest absolute Gasteiger partial charge is 0.480 e. The van der Waals surface area contributed by atoms with Crippen molar-refractivity contribution in [3.05, 3.63) is 72.9 Å². The topological polar surface area (TPSA) is 142 Å². The van der Waals surface area contributed by atoms with Gasteiger partial charge >= 0.3 is 11.9 Å². The molecule has 0 saturated heterocycles. The maximum Gasteiger partial charge on any atom is 0.328 e. The second kappa shape index (κ2) is 37.1. The van der Waals surface area contributed by atoms with Crippen LogP contribution < -0.4 is 10.6 Å². The van der Waals surface area contributed by atoms with Gasteiger partial charge < -0.3 is 25.6 Å². The lowest BCUT2D eigenvalue weighted by Crippen LogP contribution is -2.47. The van der Waals surface area contributed by atoms with Crippen LogP contribution in [0.5, 0.6) is 0 Å². The second-order valence-electron chi connectivity index (χ2n) is 13.0. The van der Waals surface area contributed by atoms with Gasteiger partial charge in [0.1, 0.15) is 12.1 Å². The summed E-state index contributed by atoms with van der Waals surface area (Å²) in [5, 5.41) is 22.5. The van der Waals surface area contributed by atoms with Crippen molar-refractivity contribution in [2.75, 3.05) is 13.2 Å². The van der Waals surface area contributed by atoms with E-state index in [0.29, 0.717) is 25.7 Å². The summed E-state index contributed by atoms with van der Waals surface area (Å²) in [4.78, 5) is 47.7. The highest BCUT2D eigenvalue weighted by molar-refractivity contribution is 5.87. The third-order valence-corrected chi connectivity index (χ3v) is 8.17. The number of rotatable bonds is 34. The molecule has 0 radical (unpaired) electrons. The highest BCUT2D eigenvalue weighted by Gasteiger charge is 2.19. The summed E-state index contributed by atoms with van der Waals surface area (Å²) < 4.78 is 5.82. The zero-order valence-corrected chi connectivity index (χ0v) is 32.3. The van der Waals surface area contributed by atoms with E-state index in [1.165, 1.54) is 44.9 Å². The van der Waals surface area contributed by atoms with E-state index in [-0.39, 0.29) is 30.9 Å². The minimum Gasteiger partial charge on any atom is -0.480 e. The highest BCUT2D eigenvalue weighted by atomic mass is 16.5. The van der Waals surface area contributed by atoms with Crippen LogP contribution in [0.1, 0.15) is 149 Å². The minimum absolute atomic E-state index is 0.177. The first-order valence-corrected chi connectivity index (χ1v) is 19.8. The number of aliphatic carboxylic acids is 1. The number of aliphatic hydroxyl groups is 1. The Balaban J connectivity index is 4.62. The Labute approximate surface area is 314 Å². The van der Waals surface area contributed by atoms with Gasteiger partial charge in [0.2, 0.25) is 11.8 Å². The fourth-order valence-corrected chi connectivity index (χ4v) is 5.12. The Morgan fingerprint density at radius 3 is 1.73 bits per heavy atom. The molecule has 0 aromatic carbocycles. The molecule has 0 rings (SSSR count). The molecule has 9 nitrogen and oxygen atoms in total. The molecule has 0 aliphatic rings. The maximum atomic E-state index is 12.7. The third kappa shape index (κ3) is 33.4. The lowest BCUT2D eigenvalue weighted by atomic mass is 10.1. The van der Waals surface area contributed by atoms with Crippen LogP contribution in [-0.4, -0.2) is 59.3 Å². The molecule has 0 aromatic heterocycles. The average Bonchev–Trinajstić information content (AvgIpc) is 3.13. The molecule has 0 spiro atoms. The first kappa shape index (κ1) is 48.3. The lowest BCUT2D eigenvalue weighted by Gasteiger charge is -2.15. The average molecular weight is 727 g/mol. The van der Waals surface area contributed by atoms with E-state index in [1.54, 1.807) is 0 Å². The molecule has 4 N–H and O–H groups in total. The van der Waals surface area contributed by atoms with Gasteiger partial charge in [-0.15, -0.1) is 0 Å². The Hall–Kier alpha value is -3.72. The van der Waals surface area contributed by atoms with Crippen molar-refractivity contribution in [2.45, 2.75) is 161 Å². The first-order valence-electron chi connectivity index (χ1n) is 19.8. The predicted molar refractivity (Wildman–Crippen MR) is 213 cm³/mol. The molecule has 0 fully saturated rings. The summed E-state index contributed by atoms with van der Waals surface area (Å²) in [7, 11) is 0. The zero-order chi connectivity index (χ0) is 38.3. The van der Waals surface area contributed by atoms with Crippen molar-refractivity contribution in [1.29, 1.82) is 0 Å². The molecular formula is C43H70N2O7. The second-order valence-corrected chi connectivity index (χ2v) is 13.0. The molecule has 2 atom stereocenters. The quantitative estimate of drug-likeness (QED) is 0.0294. The van der Waals surface area contributed by atoms with E-state index in [9.17, 15) is 19.2 Å². The normalized spacial score (nSPS) is 13.3. The Kier molecular flexibility index (Phi) is 34.4. The summed E-state index contributed by atoms with van der Waals surface area (Å²) >= 11 is 0. The van der Waals surface area contributed by atoms with Gasteiger partial charge in [0.25, 0.3) is 0 Å². The molecular weight excluding hydrogens is 656 g/mol. The van der Waals surface area contributed by atoms with Crippen molar-refractivity contribution >= 4 is 23.8 Å². The number of carbonyl (C=O) groups is 4. The molecule has 294 valence electrons. The number of allylic oxidation sites excluding steroid dienone is 11. The maximum absolute atomic E-state index is 12.7. The van der Waals surface area contributed by atoms with E-state index in [1.807, 2.05) is 12.2 Å². The number of nitrogens with one attached hydrogen (secondary N) is 2. The summed E-state index contributed by atoms with van der Waals surface area (Å²) in [6.45, 7) is 3.25. The van der Waals surface area contributed by atoms with Crippen LogP contribution in [0, 0.1) is 0 Å². The number of amides is 2. The number of esters is 1. The van der Waals surface area contributed by atoms with Crippen LogP contribution in [0.15, 0.2) is 72.9 Å². The monoisotopic (exact) mass is 727 g/mol. The van der Waals surface area contributed by atoms with E-state index in [2.05, 4.69) is 85.2 Å². The number of carbonyl (C=O) groups excluding carboxylic acids is 3. The summed E-state index contributed by atoms with van der Waals surface area (Å²) in [5.74, 6) is -2.59. The van der Waals surface area contributed by atoms with Gasteiger partial charge in [-0.2, -0.15) is 0 Å². The van der Waals surface area contributed by atoms with Crippen LogP contribution in [0.25, 0.3) is 0 Å². The van der Waals surface area contributed by atoms with E-state index < -0.39 is 24.5 Å². The molecule has 0 aromatic rings. The zero-order valence-electron chi connectivity index (χ0n) is 32.3. The fraction of sp³-hybridized carbons (Fsp3) is 0.628. The number of carboxylic acid groups (broad SMARTS) is 1. The van der Waals surface area contributed by atoms with Gasteiger partial charge in [0.05, 0.1) is 13.2 Å². The molecule has 0 saturated carbocycles. The van der Waals surface area contributed by atoms with Gasteiger partial charge in [-0.1, -0.05) is 119 Å². The number of ether oxygens (including phenoxy) is 1. The van der Waals surface area contributed by atoms with Crippen molar-refractivity contribution in [3.8, 4) is 0 Å². The Morgan fingerprint density at radius 1 is 0.615 bits per heavy atom.